The van der Waals surface area contributed by atoms with Crippen LogP contribution in [0.25, 0.3) is 0 Å². The largest absolute Gasteiger partial charge is 0.316 e. The monoisotopic (exact) mass is 278 g/mol. The standard InChI is InChI=1S/C16H30N4/c1-7-9-17-11-12(2)16-13(3)18-15(19-14(16)4)8-10-20(5)6/h12,17H,7-11H2,1-6H3. The van der Waals surface area contributed by atoms with E-state index in [1.54, 1.807) is 0 Å². The maximum atomic E-state index is 4.69. The second-order valence-electron chi connectivity index (χ2n) is 5.88. The van der Waals surface area contributed by atoms with Crippen molar-refractivity contribution in [3.05, 3.63) is 22.8 Å². The number of nitrogens with one attached hydrogen (secondary N) is 1. The fourth-order valence-corrected chi connectivity index (χ4v) is 2.54. The molecule has 4 nitrogen and oxygen atoms in total. The predicted molar refractivity (Wildman–Crippen MR) is 85.3 cm³/mol. The van der Waals surface area contributed by atoms with Crippen LogP contribution < -0.4 is 5.32 Å². The van der Waals surface area contributed by atoms with Crippen LogP contribution in [-0.2, 0) is 6.42 Å². The van der Waals surface area contributed by atoms with Crippen LogP contribution in [0, 0.1) is 13.8 Å². The van der Waals surface area contributed by atoms with Gasteiger partial charge in [0, 0.05) is 30.9 Å². The normalized spacial score (nSPS) is 12.9. The second-order valence-corrected chi connectivity index (χ2v) is 5.88. The van der Waals surface area contributed by atoms with E-state index in [0.29, 0.717) is 5.92 Å². The van der Waals surface area contributed by atoms with Crippen LogP contribution in [0.5, 0.6) is 0 Å². The minimum atomic E-state index is 0.462. The highest BCUT2D eigenvalue weighted by molar-refractivity contribution is 5.28. The van der Waals surface area contributed by atoms with E-state index in [0.717, 1.165) is 43.3 Å². The molecule has 0 saturated carbocycles. The van der Waals surface area contributed by atoms with Gasteiger partial charge in [0.05, 0.1) is 0 Å². The zero-order valence-electron chi connectivity index (χ0n) is 14.0. The lowest BCUT2D eigenvalue weighted by atomic mass is 9.98. The van der Waals surface area contributed by atoms with Crippen molar-refractivity contribution >= 4 is 0 Å². The van der Waals surface area contributed by atoms with E-state index in [1.165, 1.54) is 12.0 Å². The van der Waals surface area contributed by atoms with Gasteiger partial charge in [-0.3, -0.25) is 0 Å². The van der Waals surface area contributed by atoms with Gasteiger partial charge < -0.3 is 10.2 Å². The zero-order valence-corrected chi connectivity index (χ0v) is 14.0. The highest BCUT2D eigenvalue weighted by atomic mass is 15.1. The lowest BCUT2D eigenvalue weighted by Crippen LogP contribution is -2.23. The molecule has 0 aliphatic heterocycles. The van der Waals surface area contributed by atoms with Crippen LogP contribution in [0.1, 0.15) is 49.0 Å². The number of aryl methyl sites for hydroxylation is 2. The molecule has 0 bridgehead atoms. The Balaban J connectivity index is 2.77. The lowest BCUT2D eigenvalue weighted by molar-refractivity contribution is 0.409. The molecule has 0 saturated heterocycles. The number of rotatable bonds is 8. The van der Waals surface area contributed by atoms with Gasteiger partial charge in [-0.15, -0.1) is 0 Å². The van der Waals surface area contributed by atoms with Crippen molar-refractivity contribution in [2.24, 2.45) is 0 Å². The molecular weight excluding hydrogens is 248 g/mol. The summed E-state index contributed by atoms with van der Waals surface area (Å²) in [6, 6.07) is 0. The fourth-order valence-electron chi connectivity index (χ4n) is 2.54. The molecule has 1 heterocycles. The zero-order chi connectivity index (χ0) is 15.1. The summed E-state index contributed by atoms with van der Waals surface area (Å²) in [5.74, 6) is 1.43. The van der Waals surface area contributed by atoms with Gasteiger partial charge in [0.25, 0.3) is 0 Å². The van der Waals surface area contributed by atoms with Gasteiger partial charge in [-0.25, -0.2) is 9.97 Å². The van der Waals surface area contributed by atoms with E-state index in [-0.39, 0.29) is 0 Å². The van der Waals surface area contributed by atoms with Gasteiger partial charge in [-0.2, -0.15) is 0 Å². The summed E-state index contributed by atoms with van der Waals surface area (Å²) in [5.41, 5.74) is 3.58. The first-order valence-electron chi connectivity index (χ1n) is 7.65. The average molecular weight is 278 g/mol. The van der Waals surface area contributed by atoms with E-state index in [4.69, 9.17) is 0 Å². The first-order chi connectivity index (χ1) is 9.45. The van der Waals surface area contributed by atoms with Gasteiger partial charge in [-0.05, 0) is 52.4 Å². The molecule has 20 heavy (non-hydrogen) atoms. The molecule has 0 radical (unpaired) electrons. The molecule has 0 aliphatic carbocycles. The van der Waals surface area contributed by atoms with Gasteiger partial charge in [-0.1, -0.05) is 13.8 Å². The van der Waals surface area contributed by atoms with Gasteiger partial charge >= 0.3 is 0 Å². The number of hydrogen-bond acceptors (Lipinski definition) is 4. The van der Waals surface area contributed by atoms with Gasteiger partial charge in [0.1, 0.15) is 5.82 Å². The van der Waals surface area contributed by atoms with Crippen LogP contribution in [0.15, 0.2) is 0 Å². The molecule has 0 amide bonds. The molecule has 1 aromatic heterocycles. The van der Waals surface area contributed by atoms with Crippen LogP contribution >= 0.6 is 0 Å². The molecule has 1 unspecified atom stereocenters. The SMILES string of the molecule is CCCNCC(C)c1c(C)nc(CCN(C)C)nc1C. The van der Waals surface area contributed by atoms with Crippen molar-refractivity contribution in [3.8, 4) is 0 Å². The predicted octanol–water partition coefficient (Wildman–Crippen LogP) is 2.30. The van der Waals surface area contributed by atoms with E-state index in [2.05, 4.69) is 62.0 Å². The highest BCUT2D eigenvalue weighted by Gasteiger charge is 2.14. The summed E-state index contributed by atoms with van der Waals surface area (Å²) in [7, 11) is 4.16. The Labute approximate surface area is 124 Å². The third-order valence-corrected chi connectivity index (χ3v) is 3.53. The minimum Gasteiger partial charge on any atom is -0.316 e. The van der Waals surface area contributed by atoms with E-state index < -0.39 is 0 Å². The summed E-state index contributed by atoms with van der Waals surface area (Å²) in [6.45, 7) is 11.7. The summed E-state index contributed by atoms with van der Waals surface area (Å²) in [6.07, 6.45) is 2.09. The Kier molecular flexibility index (Phi) is 7.10. The molecule has 114 valence electrons. The molecular formula is C16H30N4. The average Bonchev–Trinajstić information content (AvgIpc) is 2.36. The molecule has 1 atom stereocenters. The third kappa shape index (κ3) is 5.17. The van der Waals surface area contributed by atoms with Gasteiger partial charge in [0.15, 0.2) is 0 Å². The van der Waals surface area contributed by atoms with Crippen molar-refractivity contribution in [2.45, 2.75) is 46.5 Å². The molecule has 1 aromatic rings. The summed E-state index contributed by atoms with van der Waals surface area (Å²) < 4.78 is 0. The Bertz CT molecular complexity index is 392. The Morgan fingerprint density at radius 3 is 2.25 bits per heavy atom. The number of hydrogen-bond donors (Lipinski definition) is 1. The lowest BCUT2D eigenvalue weighted by Gasteiger charge is -2.18. The second kappa shape index (κ2) is 8.32. The maximum Gasteiger partial charge on any atom is 0.130 e. The number of aromatic nitrogens is 2. The smallest absolute Gasteiger partial charge is 0.130 e. The quantitative estimate of drug-likeness (QED) is 0.741. The first-order valence-corrected chi connectivity index (χ1v) is 7.65. The highest BCUT2D eigenvalue weighted by Crippen LogP contribution is 2.20. The number of nitrogens with zero attached hydrogens (tertiary/aromatic N) is 3. The molecule has 1 rings (SSSR count). The molecule has 0 aromatic carbocycles. The number of likely N-dealkylation sites (N-methyl/N-ethyl adjacent to an activating group) is 1. The minimum absolute atomic E-state index is 0.462. The van der Waals surface area contributed by atoms with E-state index in [1.807, 2.05) is 0 Å². The summed E-state index contributed by atoms with van der Waals surface area (Å²) >= 11 is 0. The van der Waals surface area contributed by atoms with Crippen LogP contribution in [0.2, 0.25) is 0 Å². The van der Waals surface area contributed by atoms with Crippen molar-refractivity contribution in [1.29, 1.82) is 0 Å². The van der Waals surface area contributed by atoms with Gasteiger partial charge in [0.2, 0.25) is 0 Å². The first kappa shape index (κ1) is 17.1. The molecule has 0 spiro atoms. The summed E-state index contributed by atoms with van der Waals surface area (Å²) in [4.78, 5) is 11.5. The van der Waals surface area contributed by atoms with E-state index in [9.17, 15) is 0 Å². The van der Waals surface area contributed by atoms with Crippen molar-refractivity contribution in [2.75, 3.05) is 33.7 Å². The molecule has 1 N–H and O–H groups in total. The molecule has 0 aliphatic rings. The van der Waals surface area contributed by atoms with Crippen LogP contribution in [0.3, 0.4) is 0 Å². The maximum absolute atomic E-state index is 4.69. The Hall–Kier alpha value is -1.00. The van der Waals surface area contributed by atoms with Crippen molar-refractivity contribution in [1.82, 2.24) is 20.2 Å². The van der Waals surface area contributed by atoms with Crippen molar-refractivity contribution < 1.29 is 0 Å². The Morgan fingerprint density at radius 2 is 1.75 bits per heavy atom. The van der Waals surface area contributed by atoms with Crippen LogP contribution in [0.4, 0.5) is 0 Å². The van der Waals surface area contributed by atoms with Crippen LogP contribution in [-0.4, -0.2) is 48.6 Å². The molecule has 0 fully saturated rings. The Morgan fingerprint density at radius 1 is 1.15 bits per heavy atom. The topological polar surface area (TPSA) is 41.1 Å². The molecule has 4 heteroatoms. The summed E-state index contributed by atoms with van der Waals surface area (Å²) in [5, 5.41) is 3.48. The van der Waals surface area contributed by atoms with E-state index >= 15 is 0 Å². The van der Waals surface area contributed by atoms with Crippen molar-refractivity contribution in [3.63, 3.8) is 0 Å². The third-order valence-electron chi connectivity index (χ3n) is 3.53. The fraction of sp³-hybridized carbons (Fsp3) is 0.750.